The number of Topliss-reactive ketones (excluding diaryl/α,β-unsaturated/α-hetero) is 1. The van der Waals surface area contributed by atoms with Crippen LogP contribution in [-0.4, -0.2) is 15.6 Å². The number of halogens is 1. The number of ketones is 1. The molecule has 2 aromatic rings. The summed E-state index contributed by atoms with van der Waals surface area (Å²) < 4.78 is 14.4. The predicted octanol–water partition coefficient (Wildman–Crippen LogP) is 1.57. The van der Waals surface area contributed by atoms with Gasteiger partial charge < -0.3 is 5.73 Å². The van der Waals surface area contributed by atoms with E-state index in [9.17, 15) is 9.18 Å². The molecule has 17 heavy (non-hydrogen) atoms. The summed E-state index contributed by atoms with van der Waals surface area (Å²) in [5, 5.41) is 3.89. The number of nitrogens with zero attached hydrogens (tertiary/aromatic N) is 2. The molecule has 1 aromatic carbocycles. The molecule has 0 aliphatic rings. The number of carbonyl (C=O) groups is 1. The summed E-state index contributed by atoms with van der Waals surface area (Å²) in [6, 6.07) is 5.95. The van der Waals surface area contributed by atoms with Gasteiger partial charge in [0.15, 0.2) is 5.78 Å². The molecule has 0 aliphatic heterocycles. The summed E-state index contributed by atoms with van der Waals surface area (Å²) in [4.78, 5) is 11.9. The van der Waals surface area contributed by atoms with Crippen LogP contribution in [0.5, 0.6) is 0 Å². The standard InChI is InChI=1S/C12H12FN3O/c1-16-12(14)10(7-15-16)11(17)6-8-3-2-4-9(13)5-8/h2-5,7H,6,14H2,1H3. The van der Waals surface area contributed by atoms with Gasteiger partial charge in [0.25, 0.3) is 0 Å². The van der Waals surface area contributed by atoms with Gasteiger partial charge in [-0.05, 0) is 17.7 Å². The maximum absolute atomic E-state index is 13.0. The minimum absolute atomic E-state index is 0.119. The first-order chi connectivity index (χ1) is 8.08. The predicted molar refractivity (Wildman–Crippen MR) is 62.1 cm³/mol. The molecule has 0 saturated carbocycles. The van der Waals surface area contributed by atoms with Crippen molar-refractivity contribution in [3.63, 3.8) is 0 Å². The van der Waals surface area contributed by atoms with Crippen molar-refractivity contribution >= 4 is 11.6 Å². The van der Waals surface area contributed by atoms with Gasteiger partial charge >= 0.3 is 0 Å². The van der Waals surface area contributed by atoms with Crippen LogP contribution in [0.4, 0.5) is 10.2 Å². The lowest BCUT2D eigenvalue weighted by Gasteiger charge is -2.01. The lowest BCUT2D eigenvalue weighted by Crippen LogP contribution is -2.07. The number of carbonyl (C=O) groups excluding carboxylic acids is 1. The van der Waals surface area contributed by atoms with Crippen molar-refractivity contribution in [2.45, 2.75) is 6.42 Å². The molecule has 1 heterocycles. The van der Waals surface area contributed by atoms with Gasteiger partial charge in [0.05, 0.1) is 11.8 Å². The first-order valence-corrected chi connectivity index (χ1v) is 5.13. The molecule has 0 atom stereocenters. The van der Waals surface area contributed by atoms with Gasteiger partial charge in [-0.25, -0.2) is 4.39 Å². The fraction of sp³-hybridized carbons (Fsp3) is 0.167. The topological polar surface area (TPSA) is 60.9 Å². The van der Waals surface area contributed by atoms with Gasteiger partial charge in [0, 0.05) is 13.5 Å². The third-order valence-electron chi connectivity index (χ3n) is 2.54. The zero-order valence-electron chi connectivity index (χ0n) is 9.35. The molecule has 2 N–H and O–H groups in total. The Hall–Kier alpha value is -2.17. The summed E-state index contributed by atoms with van der Waals surface area (Å²) >= 11 is 0. The van der Waals surface area contributed by atoms with E-state index in [-0.39, 0.29) is 18.0 Å². The number of hydrogen-bond donors (Lipinski definition) is 1. The van der Waals surface area contributed by atoms with E-state index in [0.717, 1.165) is 0 Å². The van der Waals surface area contributed by atoms with Crippen LogP contribution in [0.2, 0.25) is 0 Å². The van der Waals surface area contributed by atoms with Crippen LogP contribution in [0, 0.1) is 5.82 Å². The van der Waals surface area contributed by atoms with Crippen LogP contribution in [0.15, 0.2) is 30.5 Å². The number of aromatic nitrogens is 2. The zero-order chi connectivity index (χ0) is 12.4. The summed E-state index contributed by atoms with van der Waals surface area (Å²) in [6.45, 7) is 0. The van der Waals surface area contributed by atoms with E-state index >= 15 is 0 Å². The second-order valence-corrected chi connectivity index (χ2v) is 3.80. The molecule has 1 aromatic heterocycles. The molecule has 0 aliphatic carbocycles. The first-order valence-electron chi connectivity index (χ1n) is 5.13. The summed E-state index contributed by atoms with van der Waals surface area (Å²) in [6.07, 6.45) is 1.55. The summed E-state index contributed by atoms with van der Waals surface area (Å²) in [5.41, 5.74) is 6.69. The number of aryl methyl sites for hydroxylation is 1. The van der Waals surface area contributed by atoms with E-state index in [4.69, 9.17) is 5.73 Å². The number of anilines is 1. The second kappa shape index (κ2) is 4.37. The van der Waals surface area contributed by atoms with E-state index in [1.807, 2.05) is 0 Å². The first kappa shape index (κ1) is 11.3. The molecule has 5 heteroatoms. The largest absolute Gasteiger partial charge is 0.383 e. The molecule has 2 rings (SSSR count). The number of hydrogen-bond acceptors (Lipinski definition) is 3. The van der Waals surface area contributed by atoms with Crippen LogP contribution in [0.25, 0.3) is 0 Å². The van der Waals surface area contributed by atoms with Gasteiger partial charge in [-0.15, -0.1) is 0 Å². The Morgan fingerprint density at radius 2 is 2.29 bits per heavy atom. The minimum Gasteiger partial charge on any atom is -0.383 e. The Bertz CT molecular complexity index is 563. The molecule has 4 nitrogen and oxygen atoms in total. The van der Waals surface area contributed by atoms with E-state index in [0.29, 0.717) is 16.9 Å². The van der Waals surface area contributed by atoms with Gasteiger partial charge in [0.2, 0.25) is 0 Å². The fourth-order valence-electron chi connectivity index (χ4n) is 1.59. The minimum atomic E-state index is -0.352. The third kappa shape index (κ3) is 2.33. The highest BCUT2D eigenvalue weighted by molar-refractivity contribution is 6.01. The highest BCUT2D eigenvalue weighted by atomic mass is 19.1. The van der Waals surface area contributed by atoms with Gasteiger partial charge in [-0.1, -0.05) is 12.1 Å². The maximum Gasteiger partial charge on any atom is 0.172 e. The van der Waals surface area contributed by atoms with E-state index < -0.39 is 0 Å². The van der Waals surface area contributed by atoms with Crippen molar-refractivity contribution in [3.05, 3.63) is 47.4 Å². The monoisotopic (exact) mass is 233 g/mol. The van der Waals surface area contributed by atoms with E-state index in [1.165, 1.54) is 23.0 Å². The fourth-order valence-corrected chi connectivity index (χ4v) is 1.59. The van der Waals surface area contributed by atoms with Gasteiger partial charge in [-0.3, -0.25) is 9.48 Å². The van der Waals surface area contributed by atoms with Gasteiger partial charge in [0.1, 0.15) is 11.6 Å². The summed E-state index contributed by atoms with van der Waals surface area (Å²) in [7, 11) is 1.66. The Labute approximate surface area is 97.9 Å². The van der Waals surface area contributed by atoms with Crippen LogP contribution in [0.3, 0.4) is 0 Å². The van der Waals surface area contributed by atoms with Crippen molar-refractivity contribution in [2.24, 2.45) is 7.05 Å². The maximum atomic E-state index is 13.0. The average Bonchev–Trinajstić information content (AvgIpc) is 2.60. The molecule has 0 fully saturated rings. The van der Waals surface area contributed by atoms with Crippen molar-refractivity contribution in [3.8, 4) is 0 Å². The lowest BCUT2D eigenvalue weighted by molar-refractivity contribution is 0.0994. The van der Waals surface area contributed by atoms with E-state index in [1.54, 1.807) is 19.2 Å². The molecule has 0 bridgehead atoms. The van der Waals surface area contributed by atoms with Crippen LogP contribution in [0.1, 0.15) is 15.9 Å². The zero-order valence-corrected chi connectivity index (χ0v) is 9.35. The summed E-state index contributed by atoms with van der Waals surface area (Å²) in [5.74, 6) is -0.193. The lowest BCUT2D eigenvalue weighted by atomic mass is 10.1. The number of benzene rings is 1. The molecule has 0 saturated heterocycles. The number of nitrogen functional groups attached to an aromatic ring is 1. The average molecular weight is 233 g/mol. The Kier molecular flexibility index (Phi) is 2.91. The van der Waals surface area contributed by atoms with Crippen molar-refractivity contribution in [2.75, 3.05) is 5.73 Å². The quantitative estimate of drug-likeness (QED) is 0.818. The number of nitrogens with two attached hydrogens (primary N) is 1. The van der Waals surface area contributed by atoms with Crippen LogP contribution < -0.4 is 5.73 Å². The van der Waals surface area contributed by atoms with Crippen LogP contribution in [-0.2, 0) is 13.5 Å². The molecule has 0 spiro atoms. The van der Waals surface area contributed by atoms with E-state index in [2.05, 4.69) is 5.10 Å². The van der Waals surface area contributed by atoms with Crippen molar-refractivity contribution in [1.29, 1.82) is 0 Å². The SMILES string of the molecule is Cn1ncc(C(=O)Cc2cccc(F)c2)c1N. The molecular weight excluding hydrogens is 221 g/mol. The molecule has 0 radical (unpaired) electrons. The normalized spacial score (nSPS) is 10.5. The molecule has 88 valence electrons. The van der Waals surface area contributed by atoms with Crippen LogP contribution >= 0.6 is 0 Å². The highest BCUT2D eigenvalue weighted by Crippen LogP contribution is 2.14. The molecular formula is C12H12FN3O. The second-order valence-electron chi connectivity index (χ2n) is 3.80. The number of rotatable bonds is 3. The molecule has 0 unspecified atom stereocenters. The Morgan fingerprint density at radius 3 is 2.88 bits per heavy atom. The highest BCUT2D eigenvalue weighted by Gasteiger charge is 2.14. The van der Waals surface area contributed by atoms with Gasteiger partial charge in [-0.2, -0.15) is 5.10 Å². The van der Waals surface area contributed by atoms with Crippen molar-refractivity contribution < 1.29 is 9.18 Å². The Morgan fingerprint density at radius 1 is 1.53 bits per heavy atom. The molecule has 0 amide bonds. The Balaban J connectivity index is 2.20. The van der Waals surface area contributed by atoms with Crippen molar-refractivity contribution in [1.82, 2.24) is 9.78 Å². The smallest absolute Gasteiger partial charge is 0.172 e. The third-order valence-corrected chi connectivity index (χ3v) is 2.54.